The fourth-order valence-electron chi connectivity index (χ4n) is 0.739. The van der Waals surface area contributed by atoms with Gasteiger partial charge in [-0.25, -0.2) is 0 Å². The van der Waals surface area contributed by atoms with Crippen LogP contribution in [0, 0.1) is 0 Å². The van der Waals surface area contributed by atoms with E-state index >= 15 is 0 Å². The van der Waals surface area contributed by atoms with Gasteiger partial charge in [0, 0.05) is 31.1 Å². The van der Waals surface area contributed by atoms with Gasteiger partial charge in [-0.05, 0) is 12.1 Å². The molecule has 0 saturated heterocycles. The first-order valence-electron chi connectivity index (χ1n) is 3.28. The number of hydrogen-bond donors (Lipinski definition) is 0. The summed E-state index contributed by atoms with van der Waals surface area (Å²) in [6.07, 6.45) is 0. The molecular weight excluding hydrogens is 251 g/mol. The Kier molecular flexibility index (Phi) is 5.67. The summed E-state index contributed by atoms with van der Waals surface area (Å²) in [6, 6.07) is 9.52. The molecule has 1 nitrogen and oxygen atoms in total. The first-order valence-corrected chi connectivity index (χ1v) is 4.60. The van der Waals surface area contributed by atoms with Crippen molar-refractivity contribution in [3.8, 4) is 0 Å². The maximum absolute atomic E-state index is 11.1. The zero-order valence-electron chi connectivity index (χ0n) is 6.23. The fourth-order valence-corrected chi connectivity index (χ4v) is 1.53. The molecule has 3 heteroatoms. The van der Waals surface area contributed by atoms with E-state index in [9.17, 15) is 4.21 Å². The molecule has 0 aliphatic rings. The molecule has 0 aromatic heterocycles. The quantitative estimate of drug-likeness (QED) is 0.742. The van der Waals surface area contributed by atoms with E-state index < -0.39 is 10.8 Å². The van der Waals surface area contributed by atoms with E-state index in [0.717, 1.165) is 4.90 Å². The van der Waals surface area contributed by atoms with Crippen LogP contribution in [0.1, 0.15) is 6.92 Å². The summed E-state index contributed by atoms with van der Waals surface area (Å²) >= 11 is 0. The standard InChI is InChI=1S/C8H10OS.Pd/c1-2-10(9)8-6-4-3-5-7-8;/h3-7H,2H2,1H3;. The molecule has 64 valence electrons. The molecule has 1 rings (SSSR count). The smallest absolute Gasteiger partial charge is 0.0526 e. The van der Waals surface area contributed by atoms with Gasteiger partial charge < -0.3 is 0 Å². The summed E-state index contributed by atoms with van der Waals surface area (Å²) in [7, 11) is -0.790. The van der Waals surface area contributed by atoms with Gasteiger partial charge in [-0.1, -0.05) is 25.1 Å². The minimum absolute atomic E-state index is 0. The first-order chi connectivity index (χ1) is 4.84. The Hall–Kier alpha value is 0.0323. The van der Waals surface area contributed by atoms with E-state index in [4.69, 9.17) is 0 Å². The molecule has 0 saturated carbocycles. The Balaban J connectivity index is 0.000001000. The van der Waals surface area contributed by atoms with E-state index in [-0.39, 0.29) is 20.4 Å². The van der Waals surface area contributed by atoms with Crippen LogP contribution in [-0.2, 0) is 31.2 Å². The Bertz CT molecular complexity index is 223. The van der Waals surface area contributed by atoms with Crippen molar-refractivity contribution in [2.75, 3.05) is 5.75 Å². The van der Waals surface area contributed by atoms with E-state index in [1.54, 1.807) is 0 Å². The second-order valence-corrected chi connectivity index (χ2v) is 3.69. The molecule has 0 bridgehead atoms. The molecule has 1 aromatic rings. The third-order valence-corrected chi connectivity index (χ3v) is 2.59. The van der Waals surface area contributed by atoms with E-state index in [1.807, 2.05) is 37.3 Å². The third-order valence-electron chi connectivity index (χ3n) is 1.27. The molecule has 0 aliphatic carbocycles. The van der Waals surface area contributed by atoms with Crippen molar-refractivity contribution in [3.63, 3.8) is 0 Å². The monoisotopic (exact) mass is 260 g/mol. The zero-order chi connectivity index (χ0) is 7.40. The van der Waals surface area contributed by atoms with Crippen LogP contribution in [0.4, 0.5) is 0 Å². The van der Waals surface area contributed by atoms with Crippen molar-refractivity contribution in [2.24, 2.45) is 0 Å². The van der Waals surface area contributed by atoms with Gasteiger partial charge in [-0.3, -0.25) is 4.21 Å². The molecule has 0 heterocycles. The van der Waals surface area contributed by atoms with E-state index in [2.05, 4.69) is 0 Å². The van der Waals surface area contributed by atoms with E-state index in [0.29, 0.717) is 5.75 Å². The van der Waals surface area contributed by atoms with Crippen LogP contribution in [-0.4, -0.2) is 9.96 Å². The number of rotatable bonds is 2. The molecule has 0 amide bonds. The SMILES string of the molecule is CCS(=O)c1ccccc1.[Pd]. The zero-order valence-corrected chi connectivity index (χ0v) is 8.60. The van der Waals surface area contributed by atoms with Crippen LogP contribution in [0.3, 0.4) is 0 Å². The minimum atomic E-state index is -0.790. The summed E-state index contributed by atoms with van der Waals surface area (Å²) in [6.45, 7) is 1.92. The molecule has 11 heavy (non-hydrogen) atoms. The van der Waals surface area contributed by atoms with Crippen molar-refractivity contribution >= 4 is 10.8 Å². The van der Waals surface area contributed by atoms with Crippen molar-refractivity contribution in [2.45, 2.75) is 11.8 Å². The molecular formula is C8H10OPdS. The molecule has 0 N–H and O–H groups in total. The van der Waals surface area contributed by atoms with Gasteiger partial charge in [0.1, 0.15) is 0 Å². The first kappa shape index (κ1) is 11.0. The molecule has 0 radical (unpaired) electrons. The average Bonchev–Trinajstić information content (AvgIpc) is 2.05. The number of benzene rings is 1. The van der Waals surface area contributed by atoms with Crippen LogP contribution in [0.5, 0.6) is 0 Å². The normalized spacial score (nSPS) is 11.7. The van der Waals surface area contributed by atoms with E-state index in [1.165, 1.54) is 0 Å². The summed E-state index contributed by atoms with van der Waals surface area (Å²) in [5, 5.41) is 0. The van der Waals surface area contributed by atoms with Crippen LogP contribution in [0.15, 0.2) is 35.2 Å². The van der Waals surface area contributed by atoms with Gasteiger partial charge in [0.25, 0.3) is 0 Å². The van der Waals surface area contributed by atoms with Crippen LogP contribution in [0.25, 0.3) is 0 Å². The van der Waals surface area contributed by atoms with Gasteiger partial charge in [0.15, 0.2) is 0 Å². The Morgan fingerprint density at radius 3 is 2.27 bits per heavy atom. The molecule has 1 aromatic carbocycles. The molecule has 1 atom stereocenters. The van der Waals surface area contributed by atoms with Gasteiger partial charge in [0.05, 0.1) is 10.8 Å². The topological polar surface area (TPSA) is 17.1 Å². The molecule has 0 aliphatic heterocycles. The second-order valence-electron chi connectivity index (χ2n) is 1.95. The Labute approximate surface area is 83.3 Å². The average molecular weight is 261 g/mol. The van der Waals surface area contributed by atoms with Crippen LogP contribution < -0.4 is 0 Å². The van der Waals surface area contributed by atoms with Gasteiger partial charge in [-0.2, -0.15) is 0 Å². The maximum Gasteiger partial charge on any atom is 0.0526 e. The summed E-state index contributed by atoms with van der Waals surface area (Å²) < 4.78 is 11.1. The Morgan fingerprint density at radius 1 is 1.27 bits per heavy atom. The summed E-state index contributed by atoms with van der Waals surface area (Å²) in [5.74, 6) is 0.698. The predicted octanol–water partition coefficient (Wildman–Crippen LogP) is 1.81. The maximum atomic E-state index is 11.1. The molecule has 1 unspecified atom stereocenters. The fraction of sp³-hybridized carbons (Fsp3) is 0.250. The van der Waals surface area contributed by atoms with Crippen LogP contribution in [0.2, 0.25) is 0 Å². The Morgan fingerprint density at radius 2 is 1.82 bits per heavy atom. The van der Waals surface area contributed by atoms with Gasteiger partial charge in [-0.15, -0.1) is 0 Å². The van der Waals surface area contributed by atoms with Crippen molar-refractivity contribution in [1.82, 2.24) is 0 Å². The molecule has 0 fully saturated rings. The predicted molar refractivity (Wildman–Crippen MR) is 43.4 cm³/mol. The second kappa shape index (κ2) is 5.65. The summed E-state index contributed by atoms with van der Waals surface area (Å²) in [5.41, 5.74) is 0. The van der Waals surface area contributed by atoms with Crippen molar-refractivity contribution < 1.29 is 24.6 Å². The third kappa shape index (κ3) is 3.29. The van der Waals surface area contributed by atoms with Crippen molar-refractivity contribution in [1.29, 1.82) is 0 Å². The summed E-state index contributed by atoms with van der Waals surface area (Å²) in [4.78, 5) is 0.921. The largest absolute Gasteiger partial charge is 0.254 e. The van der Waals surface area contributed by atoms with Crippen molar-refractivity contribution in [3.05, 3.63) is 30.3 Å². The number of hydrogen-bond acceptors (Lipinski definition) is 1. The van der Waals surface area contributed by atoms with Gasteiger partial charge in [0.2, 0.25) is 0 Å². The molecule has 0 spiro atoms. The van der Waals surface area contributed by atoms with Crippen LogP contribution >= 0.6 is 0 Å². The van der Waals surface area contributed by atoms with Gasteiger partial charge >= 0.3 is 0 Å². The minimum Gasteiger partial charge on any atom is -0.254 e.